The van der Waals surface area contributed by atoms with Gasteiger partial charge in [-0.3, -0.25) is 19.3 Å². The van der Waals surface area contributed by atoms with Gasteiger partial charge < -0.3 is 29.1 Å². The molecule has 3 amide bonds. The van der Waals surface area contributed by atoms with Gasteiger partial charge in [0.25, 0.3) is 11.8 Å². The van der Waals surface area contributed by atoms with Gasteiger partial charge in [-0.1, -0.05) is 49.5 Å². The summed E-state index contributed by atoms with van der Waals surface area (Å²) in [6.07, 6.45) is 1.18. The number of aliphatic hydroxyl groups excluding tert-OH is 1. The minimum Gasteiger partial charge on any atom is -0.497 e. The number of rotatable bonds is 7. The highest BCUT2D eigenvalue weighted by molar-refractivity contribution is 6.91. The van der Waals surface area contributed by atoms with E-state index in [0.717, 1.165) is 24.3 Å². The molecule has 1 N–H and O–H groups in total. The smallest absolute Gasteiger partial charge is 0.269 e. The standard InChI is InChI=1S/C37H43N3O7Si/c1-23-35(48(4,5)27-15-13-26(45-3)14-16-27)32(20-33(42)39-18-8-9-25(39)21-41)47-37(23)28-19-24(12-17-29(28)38(2)36(37)44)40-30-10-6-7-11-31(30)46-22-34(40)43/h6-7,10-17,19,23,25,32,35,41H,8-9,18,20-22H2,1-5H3/t23-,25-,32+,35-,37+/m0/s1. The molecule has 4 aliphatic heterocycles. The summed E-state index contributed by atoms with van der Waals surface area (Å²) in [7, 11) is 0.941. The van der Waals surface area contributed by atoms with Crippen molar-refractivity contribution in [3.63, 3.8) is 0 Å². The van der Waals surface area contributed by atoms with Crippen LogP contribution in [0.3, 0.4) is 0 Å². The number of para-hydroxylation sites is 2. The fourth-order valence-electron chi connectivity index (χ4n) is 8.78. The highest BCUT2D eigenvalue weighted by Crippen LogP contribution is 2.60. The number of nitrogens with zero attached hydrogens (tertiary/aromatic N) is 3. The monoisotopic (exact) mass is 669 g/mol. The van der Waals surface area contributed by atoms with E-state index in [1.54, 1.807) is 28.9 Å². The van der Waals surface area contributed by atoms with E-state index in [9.17, 15) is 19.5 Å². The predicted molar refractivity (Wildman–Crippen MR) is 185 cm³/mol. The highest BCUT2D eigenvalue weighted by atomic mass is 28.3. The molecule has 48 heavy (non-hydrogen) atoms. The summed E-state index contributed by atoms with van der Waals surface area (Å²) >= 11 is 0. The number of ether oxygens (including phenoxy) is 3. The molecule has 7 rings (SSSR count). The zero-order valence-corrected chi connectivity index (χ0v) is 29.1. The van der Waals surface area contributed by atoms with Gasteiger partial charge >= 0.3 is 0 Å². The van der Waals surface area contributed by atoms with Crippen LogP contribution in [0.4, 0.5) is 17.1 Å². The second kappa shape index (κ2) is 12.0. The number of hydrogen-bond acceptors (Lipinski definition) is 7. The summed E-state index contributed by atoms with van der Waals surface area (Å²) in [5.41, 5.74) is 1.20. The average Bonchev–Trinajstić information content (AvgIpc) is 3.75. The molecule has 4 aliphatic rings. The van der Waals surface area contributed by atoms with Crippen molar-refractivity contribution in [2.45, 2.75) is 62.6 Å². The van der Waals surface area contributed by atoms with Crippen LogP contribution in [-0.2, 0) is 24.7 Å². The van der Waals surface area contributed by atoms with Crippen LogP contribution < -0.4 is 24.5 Å². The van der Waals surface area contributed by atoms with Crippen LogP contribution in [0.2, 0.25) is 18.6 Å². The van der Waals surface area contributed by atoms with E-state index in [1.807, 2.05) is 54.6 Å². The van der Waals surface area contributed by atoms with Crippen molar-refractivity contribution in [1.29, 1.82) is 0 Å². The molecule has 4 heterocycles. The van der Waals surface area contributed by atoms with Crippen LogP contribution in [0.15, 0.2) is 66.7 Å². The number of anilines is 3. The van der Waals surface area contributed by atoms with Crippen LogP contribution in [0.25, 0.3) is 0 Å². The lowest BCUT2D eigenvalue weighted by atomic mass is 9.82. The molecule has 3 aromatic carbocycles. The van der Waals surface area contributed by atoms with E-state index < -0.39 is 19.8 Å². The maximum Gasteiger partial charge on any atom is 0.269 e. The van der Waals surface area contributed by atoms with E-state index in [-0.39, 0.29) is 54.9 Å². The molecule has 1 spiro atoms. The van der Waals surface area contributed by atoms with E-state index in [4.69, 9.17) is 14.2 Å². The molecule has 3 aromatic rings. The molecule has 0 unspecified atom stereocenters. The van der Waals surface area contributed by atoms with Gasteiger partial charge in [0.2, 0.25) is 5.91 Å². The SMILES string of the molecule is COc1ccc([Si](C)(C)[C@@H]2[C@@H](CC(=O)N3CCC[C@H]3CO)O[C@]3(C(=O)N(C)c4ccc(N5C(=O)COc6ccccc65)cc43)[C@H]2C)cc1. The van der Waals surface area contributed by atoms with Crippen LogP contribution in [-0.4, -0.2) is 81.9 Å². The number of carbonyl (C=O) groups is 3. The Labute approximate surface area is 282 Å². The molecular weight excluding hydrogens is 627 g/mol. The zero-order valence-electron chi connectivity index (χ0n) is 28.1. The van der Waals surface area contributed by atoms with Crippen molar-refractivity contribution in [2.75, 3.05) is 43.7 Å². The number of likely N-dealkylation sites (N-methyl/N-ethyl adjacent to an activating group) is 1. The van der Waals surface area contributed by atoms with Crippen LogP contribution in [0, 0.1) is 5.92 Å². The molecule has 0 saturated carbocycles. The normalized spacial score (nSPS) is 26.6. The molecule has 0 radical (unpaired) electrons. The molecule has 252 valence electrons. The molecule has 11 heteroatoms. The van der Waals surface area contributed by atoms with E-state index in [1.165, 1.54) is 5.19 Å². The summed E-state index contributed by atoms with van der Waals surface area (Å²) in [6, 6.07) is 21.0. The van der Waals surface area contributed by atoms with Crippen molar-refractivity contribution in [3.8, 4) is 11.5 Å². The second-order valence-corrected chi connectivity index (χ2v) is 18.7. The lowest BCUT2D eigenvalue weighted by molar-refractivity contribution is -0.149. The van der Waals surface area contributed by atoms with Gasteiger partial charge in [0, 0.05) is 30.8 Å². The van der Waals surface area contributed by atoms with E-state index in [0.29, 0.717) is 29.2 Å². The fraction of sp³-hybridized carbons (Fsp3) is 0.432. The molecule has 0 aromatic heterocycles. The third-order valence-electron chi connectivity index (χ3n) is 11.2. The fourth-order valence-corrected chi connectivity index (χ4v) is 12.8. The van der Waals surface area contributed by atoms with Crippen molar-refractivity contribution in [2.24, 2.45) is 5.92 Å². The molecule has 2 fully saturated rings. The van der Waals surface area contributed by atoms with Crippen LogP contribution in [0.1, 0.15) is 31.7 Å². The molecule has 0 aliphatic carbocycles. The Morgan fingerprint density at radius 1 is 1.06 bits per heavy atom. The first-order chi connectivity index (χ1) is 23.0. The van der Waals surface area contributed by atoms with Gasteiger partial charge in [-0.2, -0.15) is 0 Å². The maximum absolute atomic E-state index is 14.6. The Bertz CT molecular complexity index is 1760. The van der Waals surface area contributed by atoms with Crippen molar-refractivity contribution in [1.82, 2.24) is 4.90 Å². The molecule has 0 bridgehead atoms. The van der Waals surface area contributed by atoms with Crippen molar-refractivity contribution >= 4 is 48.0 Å². The van der Waals surface area contributed by atoms with Crippen LogP contribution in [0.5, 0.6) is 11.5 Å². The summed E-state index contributed by atoms with van der Waals surface area (Å²) in [4.78, 5) is 47.0. The Kier molecular flexibility index (Phi) is 8.12. The Balaban J connectivity index is 1.34. The third-order valence-corrected chi connectivity index (χ3v) is 15.6. The van der Waals surface area contributed by atoms with Crippen LogP contribution >= 0.6 is 0 Å². The van der Waals surface area contributed by atoms with Gasteiger partial charge in [-0.15, -0.1) is 0 Å². The van der Waals surface area contributed by atoms with Gasteiger partial charge in [0.15, 0.2) is 12.2 Å². The summed E-state index contributed by atoms with van der Waals surface area (Å²) in [5, 5.41) is 11.2. The Morgan fingerprint density at radius 2 is 1.81 bits per heavy atom. The zero-order chi connectivity index (χ0) is 34.0. The molecular formula is C37H43N3O7Si. The Hall–Kier alpha value is -4.19. The van der Waals surface area contributed by atoms with Gasteiger partial charge in [-0.05, 0) is 60.8 Å². The minimum atomic E-state index is -2.46. The summed E-state index contributed by atoms with van der Waals surface area (Å²) in [5.74, 6) is 0.628. The summed E-state index contributed by atoms with van der Waals surface area (Å²) < 4.78 is 18.3. The van der Waals surface area contributed by atoms with Crippen molar-refractivity contribution in [3.05, 3.63) is 72.3 Å². The van der Waals surface area contributed by atoms with Crippen molar-refractivity contribution < 1.29 is 33.7 Å². The second-order valence-electron chi connectivity index (χ2n) is 14.0. The summed E-state index contributed by atoms with van der Waals surface area (Å²) in [6.45, 7) is 7.09. The lowest BCUT2D eigenvalue weighted by Gasteiger charge is -2.37. The number of fused-ring (bicyclic) bond motifs is 3. The topological polar surface area (TPSA) is 109 Å². The number of aliphatic hydroxyl groups is 1. The number of hydrogen-bond donors (Lipinski definition) is 1. The Morgan fingerprint density at radius 3 is 2.54 bits per heavy atom. The predicted octanol–water partition coefficient (Wildman–Crippen LogP) is 4.32. The highest BCUT2D eigenvalue weighted by Gasteiger charge is 2.66. The van der Waals surface area contributed by atoms with E-state index >= 15 is 0 Å². The quantitative estimate of drug-likeness (QED) is 0.374. The molecule has 5 atom stereocenters. The first-order valence-electron chi connectivity index (χ1n) is 16.7. The lowest BCUT2D eigenvalue weighted by Crippen LogP contribution is -2.52. The third kappa shape index (κ3) is 4.85. The number of carbonyl (C=O) groups excluding carboxylic acids is 3. The number of amides is 3. The number of benzene rings is 3. The molecule has 10 nitrogen and oxygen atoms in total. The van der Waals surface area contributed by atoms with Gasteiger partial charge in [-0.25, -0.2) is 0 Å². The van der Waals surface area contributed by atoms with Gasteiger partial charge in [0.1, 0.15) is 11.5 Å². The largest absolute Gasteiger partial charge is 0.497 e. The minimum absolute atomic E-state index is 0.0615. The van der Waals surface area contributed by atoms with Gasteiger partial charge in [0.05, 0.1) is 51.7 Å². The first kappa shape index (κ1) is 32.4. The first-order valence-corrected chi connectivity index (χ1v) is 19.8. The number of methoxy groups -OCH3 is 1. The van der Waals surface area contributed by atoms with E-state index in [2.05, 4.69) is 32.2 Å². The maximum atomic E-state index is 14.6. The number of likely N-dealkylation sites (tertiary alicyclic amines) is 1. The molecule has 2 saturated heterocycles. The average molecular weight is 670 g/mol.